The number of rotatable bonds is 5. The third-order valence-corrected chi connectivity index (χ3v) is 3.12. The summed E-state index contributed by atoms with van der Waals surface area (Å²) in [6.07, 6.45) is 6.81. The fourth-order valence-electron chi connectivity index (χ4n) is 1.95. The molecule has 1 unspecified atom stereocenters. The van der Waals surface area contributed by atoms with Crippen molar-refractivity contribution in [3.8, 4) is 0 Å². The number of likely N-dealkylation sites (N-methyl/N-ethyl adjacent to an activating group) is 1. The molecule has 3 nitrogen and oxygen atoms in total. The molecule has 3 heteroatoms. The van der Waals surface area contributed by atoms with Crippen LogP contribution in [0.15, 0.2) is 18.3 Å². The first-order valence-electron chi connectivity index (χ1n) is 5.66. The second kappa shape index (κ2) is 4.62. The molecular formula is C12H19N3. The van der Waals surface area contributed by atoms with Crippen molar-refractivity contribution in [2.75, 3.05) is 12.8 Å². The molecule has 1 aromatic heterocycles. The van der Waals surface area contributed by atoms with Crippen LogP contribution in [-0.4, -0.2) is 18.1 Å². The Morgan fingerprint density at radius 1 is 1.60 bits per heavy atom. The van der Waals surface area contributed by atoms with Crippen molar-refractivity contribution in [3.05, 3.63) is 23.9 Å². The van der Waals surface area contributed by atoms with Crippen LogP contribution in [0.3, 0.4) is 0 Å². The Bertz CT molecular complexity index is 320. The first-order valence-corrected chi connectivity index (χ1v) is 5.66. The van der Waals surface area contributed by atoms with Crippen LogP contribution in [-0.2, 0) is 6.42 Å². The van der Waals surface area contributed by atoms with E-state index in [-0.39, 0.29) is 0 Å². The van der Waals surface area contributed by atoms with Gasteiger partial charge in [-0.05, 0) is 37.4 Å². The lowest BCUT2D eigenvalue weighted by atomic mass is 10.0. The SMILES string of the molecule is CNC(Cc1cccnc1N)CC1CC1. The number of hydrogen-bond acceptors (Lipinski definition) is 3. The van der Waals surface area contributed by atoms with Gasteiger partial charge < -0.3 is 11.1 Å². The third kappa shape index (κ3) is 2.93. The van der Waals surface area contributed by atoms with E-state index >= 15 is 0 Å². The van der Waals surface area contributed by atoms with Gasteiger partial charge in [-0.2, -0.15) is 0 Å². The van der Waals surface area contributed by atoms with Gasteiger partial charge >= 0.3 is 0 Å². The van der Waals surface area contributed by atoms with Gasteiger partial charge in [-0.1, -0.05) is 18.9 Å². The summed E-state index contributed by atoms with van der Waals surface area (Å²) in [5, 5.41) is 3.37. The average Bonchev–Trinajstić information content (AvgIpc) is 3.04. The van der Waals surface area contributed by atoms with Gasteiger partial charge in [0.05, 0.1) is 0 Å². The Labute approximate surface area is 91.1 Å². The topological polar surface area (TPSA) is 50.9 Å². The van der Waals surface area contributed by atoms with Crippen molar-refractivity contribution in [1.29, 1.82) is 0 Å². The Morgan fingerprint density at radius 3 is 3.00 bits per heavy atom. The third-order valence-electron chi connectivity index (χ3n) is 3.12. The maximum absolute atomic E-state index is 5.83. The molecule has 1 fully saturated rings. The predicted molar refractivity (Wildman–Crippen MR) is 62.5 cm³/mol. The van der Waals surface area contributed by atoms with E-state index in [1.54, 1.807) is 6.20 Å². The minimum Gasteiger partial charge on any atom is -0.383 e. The Morgan fingerprint density at radius 2 is 2.40 bits per heavy atom. The lowest BCUT2D eigenvalue weighted by Gasteiger charge is -2.16. The standard InChI is InChI=1S/C12H19N3/c1-14-11(7-9-4-5-9)8-10-3-2-6-15-12(10)13/h2-3,6,9,11,14H,4-5,7-8H2,1H3,(H2,13,15). The van der Waals surface area contributed by atoms with Crippen molar-refractivity contribution in [1.82, 2.24) is 10.3 Å². The molecule has 0 aromatic carbocycles. The number of nitrogens with one attached hydrogen (secondary N) is 1. The summed E-state index contributed by atoms with van der Waals surface area (Å²) >= 11 is 0. The molecular weight excluding hydrogens is 186 g/mol. The molecule has 2 rings (SSSR count). The lowest BCUT2D eigenvalue weighted by molar-refractivity contribution is 0.490. The summed E-state index contributed by atoms with van der Waals surface area (Å²) < 4.78 is 0. The van der Waals surface area contributed by atoms with E-state index in [9.17, 15) is 0 Å². The van der Waals surface area contributed by atoms with Crippen LogP contribution in [0.2, 0.25) is 0 Å². The summed E-state index contributed by atoms with van der Waals surface area (Å²) in [6, 6.07) is 4.57. The van der Waals surface area contributed by atoms with Gasteiger partial charge in [0.1, 0.15) is 5.82 Å². The maximum Gasteiger partial charge on any atom is 0.126 e. The van der Waals surface area contributed by atoms with Crippen LogP contribution in [0, 0.1) is 5.92 Å². The number of hydrogen-bond donors (Lipinski definition) is 2. The van der Waals surface area contributed by atoms with E-state index < -0.39 is 0 Å². The quantitative estimate of drug-likeness (QED) is 0.767. The molecule has 0 amide bonds. The summed E-state index contributed by atoms with van der Waals surface area (Å²) in [5.74, 6) is 1.62. The molecule has 0 bridgehead atoms. The van der Waals surface area contributed by atoms with Crippen molar-refractivity contribution in [2.45, 2.75) is 31.7 Å². The Kier molecular flexibility index (Phi) is 3.21. The summed E-state index contributed by atoms with van der Waals surface area (Å²) in [5.41, 5.74) is 7.00. The van der Waals surface area contributed by atoms with Crippen LogP contribution in [0.5, 0.6) is 0 Å². The van der Waals surface area contributed by atoms with Gasteiger partial charge in [0.25, 0.3) is 0 Å². The average molecular weight is 205 g/mol. The molecule has 1 heterocycles. The molecule has 1 aliphatic carbocycles. The molecule has 82 valence electrons. The predicted octanol–water partition coefficient (Wildman–Crippen LogP) is 1.59. The van der Waals surface area contributed by atoms with Crippen molar-refractivity contribution < 1.29 is 0 Å². The van der Waals surface area contributed by atoms with Gasteiger partial charge in [-0.25, -0.2) is 4.98 Å². The second-order valence-electron chi connectivity index (χ2n) is 4.42. The highest BCUT2D eigenvalue weighted by Crippen LogP contribution is 2.34. The van der Waals surface area contributed by atoms with Gasteiger partial charge in [0.2, 0.25) is 0 Å². The molecule has 15 heavy (non-hydrogen) atoms. The summed E-state index contributed by atoms with van der Waals surface area (Å²) in [7, 11) is 2.03. The van der Waals surface area contributed by atoms with Crippen LogP contribution >= 0.6 is 0 Å². The zero-order valence-electron chi connectivity index (χ0n) is 9.24. The number of aromatic nitrogens is 1. The second-order valence-corrected chi connectivity index (χ2v) is 4.42. The Hall–Kier alpha value is -1.09. The van der Waals surface area contributed by atoms with Gasteiger partial charge in [-0.3, -0.25) is 0 Å². The highest BCUT2D eigenvalue weighted by molar-refractivity contribution is 5.38. The normalized spacial score (nSPS) is 17.7. The molecule has 0 aliphatic heterocycles. The molecule has 1 saturated carbocycles. The molecule has 3 N–H and O–H groups in total. The van der Waals surface area contributed by atoms with Crippen LogP contribution in [0.1, 0.15) is 24.8 Å². The first-order chi connectivity index (χ1) is 7.29. The highest BCUT2D eigenvalue weighted by Gasteiger charge is 2.25. The molecule has 1 aromatic rings. The fraction of sp³-hybridized carbons (Fsp3) is 0.583. The lowest BCUT2D eigenvalue weighted by Crippen LogP contribution is -2.28. The zero-order chi connectivity index (χ0) is 10.7. The number of nitrogen functional groups attached to an aromatic ring is 1. The number of anilines is 1. The monoisotopic (exact) mass is 205 g/mol. The van der Waals surface area contributed by atoms with Crippen molar-refractivity contribution in [2.24, 2.45) is 5.92 Å². The van der Waals surface area contributed by atoms with Crippen LogP contribution in [0.4, 0.5) is 5.82 Å². The molecule has 1 atom stereocenters. The zero-order valence-corrected chi connectivity index (χ0v) is 9.24. The van der Waals surface area contributed by atoms with Gasteiger partial charge in [-0.15, -0.1) is 0 Å². The van der Waals surface area contributed by atoms with E-state index in [1.807, 2.05) is 13.1 Å². The summed E-state index contributed by atoms with van der Waals surface area (Å²) in [4.78, 5) is 4.11. The smallest absolute Gasteiger partial charge is 0.126 e. The van der Waals surface area contributed by atoms with E-state index in [1.165, 1.54) is 19.3 Å². The number of nitrogens with zero attached hydrogens (tertiary/aromatic N) is 1. The van der Waals surface area contributed by atoms with Crippen LogP contribution < -0.4 is 11.1 Å². The molecule has 0 radical (unpaired) electrons. The maximum atomic E-state index is 5.83. The largest absolute Gasteiger partial charge is 0.383 e. The fourth-order valence-corrected chi connectivity index (χ4v) is 1.95. The van der Waals surface area contributed by atoms with E-state index in [2.05, 4.69) is 16.4 Å². The molecule has 0 saturated heterocycles. The van der Waals surface area contributed by atoms with Gasteiger partial charge in [0, 0.05) is 12.2 Å². The minimum atomic E-state index is 0.545. The number of nitrogens with two attached hydrogens (primary N) is 1. The van der Waals surface area contributed by atoms with Gasteiger partial charge in [0.15, 0.2) is 0 Å². The Balaban J connectivity index is 1.95. The highest BCUT2D eigenvalue weighted by atomic mass is 14.9. The van der Waals surface area contributed by atoms with E-state index in [0.29, 0.717) is 11.9 Å². The number of pyridine rings is 1. The van der Waals surface area contributed by atoms with Crippen molar-refractivity contribution >= 4 is 5.82 Å². The van der Waals surface area contributed by atoms with E-state index in [0.717, 1.165) is 17.9 Å². The molecule has 1 aliphatic rings. The van der Waals surface area contributed by atoms with E-state index in [4.69, 9.17) is 5.73 Å². The van der Waals surface area contributed by atoms with Crippen molar-refractivity contribution in [3.63, 3.8) is 0 Å². The summed E-state index contributed by atoms with van der Waals surface area (Å²) in [6.45, 7) is 0. The first kappa shape index (κ1) is 10.4. The van der Waals surface area contributed by atoms with Crippen LogP contribution in [0.25, 0.3) is 0 Å². The molecule has 0 spiro atoms. The minimum absolute atomic E-state index is 0.545.